The van der Waals surface area contributed by atoms with Crippen molar-refractivity contribution in [3.63, 3.8) is 0 Å². The lowest BCUT2D eigenvalue weighted by atomic mass is 9.97. The van der Waals surface area contributed by atoms with Crippen LogP contribution in [-0.4, -0.2) is 33.8 Å². The first-order valence-electron chi connectivity index (χ1n) is 4.10. The molecule has 1 aliphatic rings. The number of rotatable bonds is 3. The number of aliphatic carboxylic acids is 1. The molecule has 6 heteroatoms. The number of allylic oxidation sites excluding steroid dienone is 3. The predicted molar refractivity (Wildman–Crippen MR) is 49.0 cm³/mol. The van der Waals surface area contributed by atoms with E-state index in [1.54, 1.807) is 0 Å². The van der Waals surface area contributed by atoms with E-state index in [2.05, 4.69) is 0 Å². The second kappa shape index (κ2) is 4.05. The molecular weight excluding hydrogens is 202 g/mol. The lowest BCUT2D eigenvalue weighted by Gasteiger charge is -2.12. The number of hydrogen-bond donors (Lipinski definition) is 3. The number of carbonyl (C=O) groups excluding carboxylic acids is 2. The van der Waals surface area contributed by atoms with Gasteiger partial charge in [-0.2, -0.15) is 0 Å². The van der Waals surface area contributed by atoms with Crippen LogP contribution in [-0.2, 0) is 14.4 Å². The van der Waals surface area contributed by atoms with E-state index >= 15 is 0 Å². The average Bonchev–Trinajstić information content (AvgIpc) is 2.13. The van der Waals surface area contributed by atoms with Crippen LogP contribution in [0.2, 0.25) is 0 Å². The molecule has 4 N–H and O–H groups in total. The summed E-state index contributed by atoms with van der Waals surface area (Å²) in [5.41, 5.74) is 5.28. The molecule has 0 aromatic carbocycles. The van der Waals surface area contributed by atoms with Crippen molar-refractivity contribution < 1.29 is 24.6 Å². The lowest BCUT2D eigenvalue weighted by molar-refractivity contribution is -0.138. The molecule has 0 heterocycles. The summed E-state index contributed by atoms with van der Waals surface area (Å²) in [5, 5.41) is 17.8. The molecule has 6 nitrogen and oxygen atoms in total. The fraction of sp³-hybridized carbons (Fsp3) is 0.222. The molecule has 1 atom stereocenters. The van der Waals surface area contributed by atoms with Gasteiger partial charge in [-0.3, -0.25) is 14.4 Å². The predicted octanol–water partition coefficient (Wildman–Crippen LogP) is -0.691. The Bertz CT molecular complexity index is 393. The number of aliphatic hydroxyl groups is 1. The zero-order valence-corrected chi connectivity index (χ0v) is 7.64. The van der Waals surface area contributed by atoms with Gasteiger partial charge < -0.3 is 15.9 Å². The Morgan fingerprint density at radius 3 is 2.40 bits per heavy atom. The summed E-state index contributed by atoms with van der Waals surface area (Å²) in [7, 11) is 0. The molecule has 0 fully saturated rings. The quantitative estimate of drug-likeness (QED) is 0.420. The summed E-state index contributed by atoms with van der Waals surface area (Å²) in [6.45, 7) is 0. The van der Waals surface area contributed by atoms with Crippen molar-refractivity contribution in [3.05, 3.63) is 23.5 Å². The molecule has 1 aliphatic carbocycles. The minimum atomic E-state index is -1.24. The monoisotopic (exact) mass is 211 g/mol. The number of carbonyl (C=O) groups is 3. The molecule has 0 bridgehead atoms. The van der Waals surface area contributed by atoms with Gasteiger partial charge in [-0.05, 0) is 6.08 Å². The minimum absolute atomic E-state index is 0.0644. The second-order valence-corrected chi connectivity index (χ2v) is 3.08. The zero-order valence-electron chi connectivity index (χ0n) is 7.64. The molecule has 0 amide bonds. The molecule has 0 unspecified atom stereocenters. The third kappa shape index (κ3) is 2.50. The summed E-state index contributed by atoms with van der Waals surface area (Å²) in [5.74, 6) is -3.27. The Labute approximate surface area is 84.7 Å². The third-order valence-corrected chi connectivity index (χ3v) is 1.90. The maximum Gasteiger partial charge on any atom is 0.320 e. The van der Waals surface area contributed by atoms with Gasteiger partial charge in [-0.1, -0.05) is 0 Å². The van der Waals surface area contributed by atoms with Crippen LogP contribution >= 0.6 is 0 Å². The van der Waals surface area contributed by atoms with E-state index in [1.807, 2.05) is 0 Å². The van der Waals surface area contributed by atoms with Crippen LogP contribution in [0, 0.1) is 0 Å². The normalized spacial score (nSPS) is 18.2. The first-order valence-corrected chi connectivity index (χ1v) is 4.10. The van der Waals surface area contributed by atoms with Crippen LogP contribution in [0.5, 0.6) is 0 Å². The number of nitrogens with two attached hydrogens (primary N) is 1. The van der Waals surface area contributed by atoms with Crippen LogP contribution < -0.4 is 5.73 Å². The highest BCUT2D eigenvalue weighted by Gasteiger charge is 2.23. The van der Waals surface area contributed by atoms with Gasteiger partial charge in [-0.25, -0.2) is 0 Å². The van der Waals surface area contributed by atoms with E-state index < -0.39 is 29.3 Å². The molecule has 0 aliphatic heterocycles. The Morgan fingerprint density at radius 1 is 1.33 bits per heavy atom. The van der Waals surface area contributed by atoms with E-state index in [4.69, 9.17) is 10.8 Å². The van der Waals surface area contributed by atoms with E-state index in [-0.39, 0.29) is 12.0 Å². The van der Waals surface area contributed by atoms with Crippen molar-refractivity contribution in [2.24, 2.45) is 5.73 Å². The highest BCUT2D eigenvalue weighted by Crippen LogP contribution is 2.17. The van der Waals surface area contributed by atoms with Gasteiger partial charge in [-0.15, -0.1) is 0 Å². The highest BCUT2D eigenvalue weighted by molar-refractivity contribution is 6.46. The zero-order chi connectivity index (χ0) is 11.6. The van der Waals surface area contributed by atoms with Crippen LogP contribution in [0.3, 0.4) is 0 Å². The Hall–Kier alpha value is -1.95. The summed E-state index contributed by atoms with van der Waals surface area (Å²) in [6.07, 6.45) is 1.46. The van der Waals surface area contributed by atoms with Crippen LogP contribution in [0.4, 0.5) is 0 Å². The largest absolute Gasteiger partial charge is 0.508 e. The Kier molecular flexibility index (Phi) is 3.01. The maximum absolute atomic E-state index is 10.9. The number of aliphatic hydroxyl groups excluding tert-OH is 1. The van der Waals surface area contributed by atoms with Crippen LogP contribution in [0.25, 0.3) is 0 Å². The molecule has 80 valence electrons. The number of carboxylic acids is 1. The topological polar surface area (TPSA) is 118 Å². The second-order valence-electron chi connectivity index (χ2n) is 3.08. The van der Waals surface area contributed by atoms with Gasteiger partial charge in [0.2, 0.25) is 11.6 Å². The van der Waals surface area contributed by atoms with Gasteiger partial charge >= 0.3 is 5.97 Å². The van der Waals surface area contributed by atoms with Crippen molar-refractivity contribution in [1.29, 1.82) is 0 Å². The molecule has 0 aromatic heterocycles. The van der Waals surface area contributed by atoms with Gasteiger partial charge in [0.1, 0.15) is 11.8 Å². The minimum Gasteiger partial charge on any atom is -0.508 e. The summed E-state index contributed by atoms with van der Waals surface area (Å²) in [4.78, 5) is 32.1. The molecule has 1 rings (SSSR count). The first kappa shape index (κ1) is 11.1. The standard InChI is InChI=1S/C9H9NO5/c10-5(9(14)15)1-4-2-7(12)8(13)3-6(4)11/h2-3,5,11H,1,10H2,(H,14,15)/t5-/m0/s1. The van der Waals surface area contributed by atoms with Crippen molar-refractivity contribution in [2.75, 3.05) is 0 Å². The third-order valence-electron chi connectivity index (χ3n) is 1.90. The highest BCUT2D eigenvalue weighted by atomic mass is 16.4. The molecular formula is C9H9NO5. The van der Waals surface area contributed by atoms with E-state index in [0.717, 1.165) is 12.2 Å². The van der Waals surface area contributed by atoms with Gasteiger partial charge in [0.25, 0.3) is 0 Å². The van der Waals surface area contributed by atoms with Crippen LogP contribution in [0.15, 0.2) is 23.5 Å². The number of hydrogen-bond acceptors (Lipinski definition) is 5. The summed E-state index contributed by atoms with van der Waals surface area (Å²) in [6, 6.07) is -1.21. The lowest BCUT2D eigenvalue weighted by Crippen LogP contribution is -2.31. The molecule has 0 saturated carbocycles. The maximum atomic E-state index is 10.9. The fourth-order valence-corrected chi connectivity index (χ4v) is 1.08. The van der Waals surface area contributed by atoms with Crippen molar-refractivity contribution >= 4 is 17.5 Å². The smallest absolute Gasteiger partial charge is 0.320 e. The number of ketones is 2. The number of carboxylic acid groups (broad SMARTS) is 1. The summed E-state index contributed by atoms with van der Waals surface area (Å²) < 4.78 is 0. The Morgan fingerprint density at radius 2 is 1.87 bits per heavy atom. The molecule has 0 saturated heterocycles. The Balaban J connectivity index is 2.84. The molecule has 0 radical (unpaired) electrons. The SMILES string of the molecule is N[C@@H](CC1=CC(=O)C(=O)C=C1O)C(=O)O. The van der Waals surface area contributed by atoms with Crippen molar-refractivity contribution in [2.45, 2.75) is 12.5 Å². The first-order chi connectivity index (χ1) is 6.91. The van der Waals surface area contributed by atoms with Gasteiger partial charge in [0, 0.05) is 18.1 Å². The van der Waals surface area contributed by atoms with Crippen molar-refractivity contribution in [3.8, 4) is 0 Å². The fourth-order valence-electron chi connectivity index (χ4n) is 1.08. The summed E-state index contributed by atoms with van der Waals surface area (Å²) >= 11 is 0. The molecule has 15 heavy (non-hydrogen) atoms. The van der Waals surface area contributed by atoms with Gasteiger partial charge in [0.05, 0.1) is 0 Å². The van der Waals surface area contributed by atoms with E-state index in [0.29, 0.717) is 0 Å². The van der Waals surface area contributed by atoms with E-state index in [9.17, 15) is 19.5 Å². The molecule has 0 aromatic rings. The average molecular weight is 211 g/mol. The molecule has 0 spiro atoms. The van der Waals surface area contributed by atoms with Gasteiger partial charge in [0.15, 0.2) is 0 Å². The van der Waals surface area contributed by atoms with Crippen LogP contribution in [0.1, 0.15) is 6.42 Å². The van der Waals surface area contributed by atoms with E-state index in [1.165, 1.54) is 0 Å². The van der Waals surface area contributed by atoms with Crippen molar-refractivity contribution in [1.82, 2.24) is 0 Å².